The third-order valence-corrected chi connectivity index (χ3v) is 4.75. The molecule has 4 rings (SSSR count). The van der Waals surface area contributed by atoms with Gasteiger partial charge in [-0.3, -0.25) is 0 Å². The summed E-state index contributed by atoms with van der Waals surface area (Å²) in [6.07, 6.45) is 1.28. The molecule has 0 aliphatic rings. The third kappa shape index (κ3) is 3.32. The summed E-state index contributed by atoms with van der Waals surface area (Å²) < 4.78 is 10.4. The summed E-state index contributed by atoms with van der Waals surface area (Å²) in [5.74, 6) is 0.614. The average Bonchev–Trinajstić information content (AvgIpc) is 3.17. The van der Waals surface area contributed by atoms with Gasteiger partial charge in [-0.05, 0) is 36.4 Å². The molecule has 6 nitrogen and oxygen atoms in total. The number of fused-ring (bicyclic) bond motifs is 1. The zero-order valence-corrected chi connectivity index (χ0v) is 15.1. The minimum atomic E-state index is -0.651. The number of aromatic hydroxyl groups is 1. The van der Waals surface area contributed by atoms with E-state index in [9.17, 15) is 9.90 Å². The lowest BCUT2D eigenvalue weighted by Crippen LogP contribution is -2.06. The fraction of sp³-hybridized carbons (Fsp3) is 0.0500. The van der Waals surface area contributed by atoms with Gasteiger partial charge >= 0.3 is 5.63 Å². The van der Waals surface area contributed by atoms with Gasteiger partial charge in [0.25, 0.3) is 0 Å². The Morgan fingerprint density at radius 2 is 1.96 bits per heavy atom. The van der Waals surface area contributed by atoms with E-state index in [0.29, 0.717) is 16.1 Å². The number of rotatable bonds is 4. The molecule has 0 bridgehead atoms. The maximum atomic E-state index is 12.1. The van der Waals surface area contributed by atoms with Crippen LogP contribution >= 0.6 is 11.3 Å². The largest absolute Gasteiger partial charge is 0.506 e. The van der Waals surface area contributed by atoms with Crippen molar-refractivity contribution in [2.24, 2.45) is 4.99 Å². The van der Waals surface area contributed by atoms with E-state index in [1.54, 1.807) is 31.4 Å². The predicted octanol–water partition coefficient (Wildman–Crippen LogP) is 4.38. The van der Waals surface area contributed by atoms with Crippen LogP contribution in [0.3, 0.4) is 0 Å². The number of para-hydroxylation sites is 1. The van der Waals surface area contributed by atoms with Crippen molar-refractivity contribution in [1.29, 1.82) is 0 Å². The van der Waals surface area contributed by atoms with E-state index in [0.717, 1.165) is 17.0 Å². The SMILES string of the molecule is COc1ccc(-c2csc(N=Cc3c(O)c4ccccc4oc3=O)n2)cc1. The molecule has 7 heteroatoms. The molecule has 4 aromatic rings. The summed E-state index contributed by atoms with van der Waals surface area (Å²) in [6, 6.07) is 14.3. The Hall–Kier alpha value is -3.45. The van der Waals surface area contributed by atoms with Crippen LogP contribution in [0.25, 0.3) is 22.2 Å². The number of aliphatic imine (C=N–C) groups is 1. The van der Waals surface area contributed by atoms with Gasteiger partial charge < -0.3 is 14.3 Å². The molecular weight excluding hydrogens is 364 g/mol. The molecule has 0 spiro atoms. The standard InChI is InChI=1S/C20H14N2O4S/c1-25-13-8-6-12(7-9-13)16-11-27-20(22-16)21-10-15-18(23)14-4-2-3-5-17(14)26-19(15)24/h2-11,23H,1H3. The Bertz CT molecular complexity index is 1190. The molecular formula is C20H14N2O4S. The van der Waals surface area contributed by atoms with Crippen LogP contribution in [-0.4, -0.2) is 23.4 Å². The fourth-order valence-corrected chi connectivity index (χ4v) is 3.27. The Kier molecular flexibility index (Phi) is 4.43. The van der Waals surface area contributed by atoms with Crippen LogP contribution in [0, 0.1) is 0 Å². The van der Waals surface area contributed by atoms with Gasteiger partial charge in [-0.1, -0.05) is 12.1 Å². The van der Waals surface area contributed by atoms with Crippen molar-refractivity contribution in [3.63, 3.8) is 0 Å². The summed E-state index contributed by atoms with van der Waals surface area (Å²) >= 11 is 1.33. The predicted molar refractivity (Wildman–Crippen MR) is 106 cm³/mol. The number of ether oxygens (including phenoxy) is 1. The summed E-state index contributed by atoms with van der Waals surface area (Å²) in [5, 5.41) is 13.2. The maximum absolute atomic E-state index is 12.1. The van der Waals surface area contributed by atoms with Crippen molar-refractivity contribution in [2.45, 2.75) is 0 Å². The van der Waals surface area contributed by atoms with E-state index < -0.39 is 5.63 Å². The number of benzene rings is 2. The van der Waals surface area contributed by atoms with Crippen molar-refractivity contribution >= 4 is 33.7 Å². The molecule has 0 aliphatic heterocycles. The molecule has 0 amide bonds. The number of nitrogens with zero attached hydrogens (tertiary/aromatic N) is 2. The van der Waals surface area contributed by atoms with E-state index >= 15 is 0 Å². The first kappa shape index (κ1) is 17.0. The van der Waals surface area contributed by atoms with Gasteiger partial charge in [-0.25, -0.2) is 14.8 Å². The van der Waals surface area contributed by atoms with Crippen LogP contribution in [0.15, 0.2) is 68.1 Å². The molecule has 0 saturated carbocycles. The Morgan fingerprint density at radius 1 is 1.19 bits per heavy atom. The van der Waals surface area contributed by atoms with Gasteiger partial charge in [0.2, 0.25) is 5.13 Å². The van der Waals surface area contributed by atoms with Crippen LogP contribution in [0.1, 0.15) is 5.56 Å². The number of thiazole rings is 1. The fourth-order valence-electron chi connectivity index (χ4n) is 2.60. The maximum Gasteiger partial charge on any atom is 0.348 e. The molecule has 1 N–H and O–H groups in total. The quantitative estimate of drug-likeness (QED) is 0.421. The lowest BCUT2D eigenvalue weighted by Gasteiger charge is -2.01. The zero-order chi connectivity index (χ0) is 18.8. The molecule has 2 aromatic carbocycles. The lowest BCUT2D eigenvalue weighted by atomic mass is 10.1. The van der Waals surface area contributed by atoms with Crippen LogP contribution in [-0.2, 0) is 0 Å². The van der Waals surface area contributed by atoms with Gasteiger partial charge in [-0.2, -0.15) is 0 Å². The normalized spacial score (nSPS) is 11.3. The first-order valence-electron chi connectivity index (χ1n) is 8.04. The van der Waals surface area contributed by atoms with Crippen LogP contribution in [0.4, 0.5) is 5.13 Å². The number of aromatic nitrogens is 1. The second-order valence-electron chi connectivity index (χ2n) is 5.65. The second-order valence-corrected chi connectivity index (χ2v) is 6.49. The minimum Gasteiger partial charge on any atom is -0.506 e. The number of methoxy groups -OCH3 is 1. The van der Waals surface area contributed by atoms with Gasteiger partial charge in [0.1, 0.15) is 22.6 Å². The van der Waals surface area contributed by atoms with Gasteiger partial charge in [0, 0.05) is 17.2 Å². The Morgan fingerprint density at radius 3 is 2.74 bits per heavy atom. The molecule has 0 radical (unpaired) electrons. The number of hydrogen-bond acceptors (Lipinski definition) is 7. The highest BCUT2D eigenvalue weighted by Gasteiger charge is 2.12. The van der Waals surface area contributed by atoms with E-state index in [1.165, 1.54) is 17.6 Å². The molecule has 134 valence electrons. The van der Waals surface area contributed by atoms with Gasteiger partial charge in [-0.15, -0.1) is 11.3 Å². The first-order chi connectivity index (χ1) is 13.2. The topological polar surface area (TPSA) is 84.9 Å². The van der Waals surface area contributed by atoms with E-state index in [2.05, 4.69) is 9.98 Å². The third-order valence-electron chi connectivity index (χ3n) is 4.00. The molecule has 0 fully saturated rings. The van der Waals surface area contributed by atoms with Crippen molar-refractivity contribution in [3.8, 4) is 22.8 Å². The monoisotopic (exact) mass is 378 g/mol. The van der Waals surface area contributed by atoms with Crippen LogP contribution in [0.2, 0.25) is 0 Å². The average molecular weight is 378 g/mol. The van der Waals surface area contributed by atoms with E-state index in [1.807, 2.05) is 29.6 Å². The lowest BCUT2D eigenvalue weighted by molar-refractivity contribution is 0.415. The van der Waals surface area contributed by atoms with Crippen LogP contribution < -0.4 is 10.4 Å². The van der Waals surface area contributed by atoms with E-state index in [-0.39, 0.29) is 11.3 Å². The molecule has 2 aromatic heterocycles. The second kappa shape index (κ2) is 7.05. The van der Waals surface area contributed by atoms with Crippen molar-refractivity contribution in [3.05, 3.63) is 69.9 Å². The van der Waals surface area contributed by atoms with Gasteiger partial charge in [0.15, 0.2) is 0 Å². The number of hydrogen-bond donors (Lipinski definition) is 1. The van der Waals surface area contributed by atoms with Crippen molar-refractivity contribution in [1.82, 2.24) is 4.98 Å². The smallest absolute Gasteiger partial charge is 0.348 e. The molecule has 0 saturated heterocycles. The Balaban J connectivity index is 1.65. The summed E-state index contributed by atoms with van der Waals surface area (Å²) in [4.78, 5) is 20.8. The molecule has 0 aliphatic carbocycles. The van der Waals surface area contributed by atoms with Crippen molar-refractivity contribution < 1.29 is 14.3 Å². The molecule has 0 atom stereocenters. The minimum absolute atomic E-state index is 0.00472. The van der Waals surface area contributed by atoms with Crippen LogP contribution in [0.5, 0.6) is 11.5 Å². The first-order valence-corrected chi connectivity index (χ1v) is 8.92. The van der Waals surface area contributed by atoms with Crippen molar-refractivity contribution in [2.75, 3.05) is 7.11 Å². The Labute approximate surface area is 158 Å². The highest BCUT2D eigenvalue weighted by Crippen LogP contribution is 2.29. The molecule has 27 heavy (non-hydrogen) atoms. The molecule has 0 unspecified atom stereocenters. The highest BCUT2D eigenvalue weighted by atomic mass is 32.1. The van der Waals surface area contributed by atoms with Gasteiger partial charge in [0.05, 0.1) is 18.2 Å². The molecule has 2 heterocycles. The zero-order valence-electron chi connectivity index (χ0n) is 14.2. The summed E-state index contributed by atoms with van der Waals surface area (Å²) in [5.41, 5.74) is 1.37. The highest BCUT2D eigenvalue weighted by molar-refractivity contribution is 7.13. The van der Waals surface area contributed by atoms with E-state index in [4.69, 9.17) is 9.15 Å². The summed E-state index contributed by atoms with van der Waals surface area (Å²) in [7, 11) is 1.61. The summed E-state index contributed by atoms with van der Waals surface area (Å²) in [6.45, 7) is 0.